The number of anilines is 3. The van der Waals surface area contributed by atoms with E-state index in [1.807, 2.05) is 0 Å². The average molecular weight is 769 g/mol. The number of aromatic nitrogens is 1. The number of hydrogen-bond donors (Lipinski definition) is 0. The molecule has 0 bridgehead atoms. The number of benzene rings is 9. The predicted octanol–water partition coefficient (Wildman–Crippen LogP) is 15.7. The van der Waals surface area contributed by atoms with E-state index in [-0.39, 0.29) is 10.8 Å². The van der Waals surface area contributed by atoms with E-state index in [9.17, 15) is 0 Å². The lowest BCUT2D eigenvalue weighted by atomic mass is 9.82. The van der Waals surface area contributed by atoms with E-state index in [0.717, 1.165) is 17.1 Å². The fourth-order valence-corrected chi connectivity index (χ4v) is 10.9. The van der Waals surface area contributed by atoms with Gasteiger partial charge in [-0.05, 0) is 115 Å². The molecule has 2 nitrogen and oxygen atoms in total. The lowest BCUT2D eigenvalue weighted by Gasteiger charge is -2.30. The maximum Gasteiger partial charge on any atom is 0.0543 e. The van der Waals surface area contributed by atoms with Gasteiger partial charge < -0.3 is 9.47 Å². The molecule has 0 atom stereocenters. The summed E-state index contributed by atoms with van der Waals surface area (Å²) in [6, 6.07) is 72.5. The Morgan fingerprint density at radius 1 is 0.383 bits per heavy atom. The minimum Gasteiger partial charge on any atom is -0.310 e. The molecule has 0 saturated carbocycles. The van der Waals surface area contributed by atoms with Gasteiger partial charge in [-0.15, -0.1) is 0 Å². The molecule has 2 aliphatic rings. The van der Waals surface area contributed by atoms with Crippen molar-refractivity contribution in [3.63, 3.8) is 0 Å². The maximum atomic E-state index is 2.55. The largest absolute Gasteiger partial charge is 0.310 e. The molecule has 0 saturated heterocycles. The van der Waals surface area contributed by atoms with E-state index in [1.54, 1.807) is 0 Å². The molecule has 2 aliphatic carbocycles. The summed E-state index contributed by atoms with van der Waals surface area (Å²) >= 11 is 0. The smallest absolute Gasteiger partial charge is 0.0543 e. The molecule has 0 aliphatic heterocycles. The Morgan fingerprint density at radius 2 is 0.967 bits per heavy atom. The third-order valence-corrected chi connectivity index (χ3v) is 13.8. The first-order valence-corrected chi connectivity index (χ1v) is 21.2. The molecule has 0 N–H and O–H groups in total. The zero-order valence-corrected chi connectivity index (χ0v) is 34.4. The molecule has 9 aromatic carbocycles. The summed E-state index contributed by atoms with van der Waals surface area (Å²) in [4.78, 5) is 2.55. The number of fused-ring (bicyclic) bond motifs is 10. The molecule has 12 rings (SSSR count). The second kappa shape index (κ2) is 12.7. The van der Waals surface area contributed by atoms with Crippen LogP contribution in [-0.2, 0) is 10.8 Å². The highest BCUT2D eigenvalue weighted by molar-refractivity contribution is 6.10. The van der Waals surface area contributed by atoms with E-state index in [1.165, 1.54) is 93.9 Å². The zero-order chi connectivity index (χ0) is 40.3. The maximum absolute atomic E-state index is 2.55. The van der Waals surface area contributed by atoms with Crippen LogP contribution in [0, 0.1) is 0 Å². The van der Waals surface area contributed by atoms with Gasteiger partial charge in [-0.25, -0.2) is 0 Å². The summed E-state index contributed by atoms with van der Waals surface area (Å²) in [5.74, 6) is 0. The van der Waals surface area contributed by atoms with Crippen LogP contribution < -0.4 is 4.90 Å². The van der Waals surface area contributed by atoms with Crippen molar-refractivity contribution in [2.24, 2.45) is 0 Å². The van der Waals surface area contributed by atoms with Crippen molar-refractivity contribution in [2.45, 2.75) is 38.5 Å². The number of para-hydroxylation sites is 2. The molecule has 0 spiro atoms. The first kappa shape index (κ1) is 34.8. The van der Waals surface area contributed by atoms with E-state index in [4.69, 9.17) is 0 Å². The van der Waals surface area contributed by atoms with Crippen LogP contribution in [0.3, 0.4) is 0 Å². The van der Waals surface area contributed by atoms with E-state index in [0.29, 0.717) is 0 Å². The lowest BCUT2D eigenvalue weighted by molar-refractivity contribution is 0.660. The summed E-state index contributed by atoms with van der Waals surface area (Å²) in [5, 5.41) is 4.95. The van der Waals surface area contributed by atoms with Gasteiger partial charge in [-0.2, -0.15) is 0 Å². The Labute approximate surface area is 351 Å². The lowest BCUT2D eigenvalue weighted by Crippen LogP contribution is -2.16. The number of rotatable bonds is 5. The van der Waals surface area contributed by atoms with Crippen molar-refractivity contribution in [3.8, 4) is 39.1 Å². The van der Waals surface area contributed by atoms with Gasteiger partial charge in [0.25, 0.3) is 0 Å². The van der Waals surface area contributed by atoms with E-state index < -0.39 is 0 Å². The van der Waals surface area contributed by atoms with Gasteiger partial charge in [0.15, 0.2) is 0 Å². The Hall–Kier alpha value is -7.16. The van der Waals surface area contributed by atoms with Crippen LogP contribution in [0.4, 0.5) is 17.1 Å². The quantitative estimate of drug-likeness (QED) is 0.169. The molecule has 1 aromatic heterocycles. The Morgan fingerprint density at radius 3 is 1.72 bits per heavy atom. The molecule has 60 heavy (non-hydrogen) atoms. The first-order valence-electron chi connectivity index (χ1n) is 21.2. The highest BCUT2D eigenvalue weighted by Gasteiger charge is 2.39. The SMILES string of the molecule is CC1(C)c2ccccc2-c2cc(N(c3cc(-c4ccccc4)c4ccc(-n5c6ccccc6c6ccccc65)cc4c3)c3cccc4c3-c3ccccc3C4(C)C)ccc21. The van der Waals surface area contributed by atoms with Gasteiger partial charge in [-0.3, -0.25) is 0 Å². The summed E-state index contributed by atoms with van der Waals surface area (Å²) in [6.07, 6.45) is 0. The van der Waals surface area contributed by atoms with Gasteiger partial charge in [0, 0.05) is 44.2 Å². The van der Waals surface area contributed by atoms with Crippen molar-refractivity contribution < 1.29 is 0 Å². The Bertz CT molecular complexity index is 3330. The summed E-state index contributed by atoms with van der Waals surface area (Å²) in [7, 11) is 0. The van der Waals surface area contributed by atoms with Crippen molar-refractivity contribution >= 4 is 49.6 Å². The van der Waals surface area contributed by atoms with Crippen LogP contribution in [0.15, 0.2) is 194 Å². The summed E-state index contributed by atoms with van der Waals surface area (Å²) in [5.41, 5.74) is 20.0. The minimum atomic E-state index is -0.135. The second-order valence-corrected chi connectivity index (χ2v) is 17.7. The van der Waals surface area contributed by atoms with Crippen LogP contribution in [0.5, 0.6) is 0 Å². The second-order valence-electron chi connectivity index (χ2n) is 17.7. The molecule has 1 heterocycles. The third kappa shape index (κ3) is 4.88. The van der Waals surface area contributed by atoms with Crippen LogP contribution in [0.1, 0.15) is 49.9 Å². The molecule has 0 amide bonds. The van der Waals surface area contributed by atoms with Crippen molar-refractivity contribution in [2.75, 3.05) is 4.90 Å². The average Bonchev–Trinajstić information content (AvgIpc) is 3.83. The van der Waals surface area contributed by atoms with Crippen LogP contribution in [-0.4, -0.2) is 4.57 Å². The Balaban J connectivity index is 1.16. The van der Waals surface area contributed by atoms with Crippen LogP contribution in [0.2, 0.25) is 0 Å². The molecule has 0 fully saturated rings. The standard InChI is InChI=1S/C58H44N2/c1-57(2)49-23-12-8-19-43(49)48-35-40(30-32-51(48)57)59(55-28-16-25-52-56(55)46-22-9-13-24-50(46)58(52,3)4)41-34-38-33-39(29-31-42(38)47(36-41)37-17-6-5-7-18-37)60-53-26-14-10-20-44(53)45-21-11-15-27-54(45)60/h5-36H,1-4H3. The van der Waals surface area contributed by atoms with Crippen LogP contribution >= 0.6 is 0 Å². The fourth-order valence-electron chi connectivity index (χ4n) is 10.9. The van der Waals surface area contributed by atoms with Gasteiger partial charge in [0.05, 0.1) is 16.7 Å². The number of hydrogen-bond acceptors (Lipinski definition) is 1. The Kier molecular flexibility index (Phi) is 7.36. The zero-order valence-electron chi connectivity index (χ0n) is 34.4. The van der Waals surface area contributed by atoms with E-state index in [2.05, 4.69) is 231 Å². The molecule has 286 valence electrons. The molecule has 0 unspecified atom stereocenters. The monoisotopic (exact) mass is 768 g/mol. The van der Waals surface area contributed by atoms with Crippen molar-refractivity contribution in [3.05, 3.63) is 216 Å². The fraction of sp³-hybridized carbons (Fsp3) is 0.103. The summed E-state index contributed by atoms with van der Waals surface area (Å²) < 4.78 is 2.43. The van der Waals surface area contributed by atoms with Crippen molar-refractivity contribution in [1.29, 1.82) is 0 Å². The molecule has 2 heteroatoms. The minimum absolute atomic E-state index is 0.0844. The third-order valence-electron chi connectivity index (χ3n) is 13.8. The normalized spacial score (nSPS) is 14.3. The first-order chi connectivity index (χ1) is 29.3. The van der Waals surface area contributed by atoms with Gasteiger partial charge in [0.2, 0.25) is 0 Å². The topological polar surface area (TPSA) is 8.17 Å². The van der Waals surface area contributed by atoms with Gasteiger partial charge >= 0.3 is 0 Å². The molecular weight excluding hydrogens is 725 g/mol. The predicted molar refractivity (Wildman–Crippen MR) is 254 cm³/mol. The number of nitrogens with zero attached hydrogens (tertiary/aromatic N) is 2. The highest BCUT2D eigenvalue weighted by atomic mass is 15.1. The summed E-state index contributed by atoms with van der Waals surface area (Å²) in [6.45, 7) is 9.48. The molecular formula is C58H44N2. The highest BCUT2D eigenvalue weighted by Crippen LogP contribution is 2.56. The van der Waals surface area contributed by atoms with E-state index >= 15 is 0 Å². The molecule has 10 aromatic rings. The van der Waals surface area contributed by atoms with Crippen LogP contribution in [0.25, 0.3) is 71.6 Å². The van der Waals surface area contributed by atoms with Gasteiger partial charge in [0.1, 0.15) is 0 Å². The molecule has 0 radical (unpaired) electrons. The van der Waals surface area contributed by atoms with Crippen molar-refractivity contribution in [1.82, 2.24) is 4.57 Å². The van der Waals surface area contributed by atoms with Gasteiger partial charge in [-0.1, -0.05) is 167 Å².